The van der Waals surface area contributed by atoms with Gasteiger partial charge in [0, 0.05) is 25.1 Å². The number of hydrogen-bond acceptors (Lipinski definition) is 4. The molecule has 88 valence electrons. The van der Waals surface area contributed by atoms with E-state index in [9.17, 15) is 0 Å². The number of ether oxygens (including phenoxy) is 1. The van der Waals surface area contributed by atoms with Gasteiger partial charge in [0.1, 0.15) is 0 Å². The lowest BCUT2D eigenvalue weighted by Crippen LogP contribution is -2.04. The van der Waals surface area contributed by atoms with E-state index >= 15 is 0 Å². The van der Waals surface area contributed by atoms with Gasteiger partial charge in [-0.15, -0.1) is 0 Å². The Morgan fingerprint density at radius 1 is 1.18 bits per heavy atom. The summed E-state index contributed by atoms with van der Waals surface area (Å²) in [4.78, 5) is 8.24. The van der Waals surface area contributed by atoms with Crippen LogP contribution in [0.4, 0.5) is 5.82 Å². The highest BCUT2D eigenvalue weighted by Crippen LogP contribution is 2.21. The van der Waals surface area contributed by atoms with Crippen LogP contribution < -0.4 is 10.1 Å². The van der Waals surface area contributed by atoms with Gasteiger partial charge in [-0.2, -0.15) is 0 Å². The summed E-state index contributed by atoms with van der Waals surface area (Å²) in [6.45, 7) is 3.30. The molecule has 0 fully saturated rings. The molecule has 0 aliphatic rings. The molecule has 2 heterocycles. The Bertz CT molecular complexity index is 459. The molecule has 0 aliphatic carbocycles. The zero-order valence-corrected chi connectivity index (χ0v) is 9.76. The maximum absolute atomic E-state index is 5.49. The fourth-order valence-electron chi connectivity index (χ4n) is 1.48. The van der Waals surface area contributed by atoms with Crippen LogP contribution in [0.2, 0.25) is 0 Å². The third kappa shape index (κ3) is 3.17. The molecular formula is C13H15N3O. The summed E-state index contributed by atoms with van der Waals surface area (Å²) in [6.07, 6.45) is 5.30. The summed E-state index contributed by atoms with van der Waals surface area (Å²) >= 11 is 0. The minimum atomic E-state index is 0.635. The molecule has 0 atom stereocenters. The molecule has 0 saturated carbocycles. The second-order valence-electron chi connectivity index (χ2n) is 3.49. The van der Waals surface area contributed by atoms with E-state index in [1.165, 1.54) is 0 Å². The molecule has 0 amide bonds. The SMILES string of the molecule is CCOc1cccnc1NCc1ccncc1. The van der Waals surface area contributed by atoms with E-state index in [1.807, 2.05) is 31.2 Å². The Hall–Kier alpha value is -2.10. The van der Waals surface area contributed by atoms with Crippen LogP contribution >= 0.6 is 0 Å². The first-order chi connectivity index (χ1) is 8.40. The number of pyridine rings is 2. The average molecular weight is 229 g/mol. The fraction of sp³-hybridized carbons (Fsp3) is 0.231. The lowest BCUT2D eigenvalue weighted by atomic mass is 10.3. The van der Waals surface area contributed by atoms with Crippen LogP contribution in [-0.4, -0.2) is 16.6 Å². The van der Waals surface area contributed by atoms with Crippen LogP contribution in [0.25, 0.3) is 0 Å². The largest absolute Gasteiger partial charge is 0.490 e. The van der Waals surface area contributed by atoms with E-state index in [2.05, 4.69) is 15.3 Å². The van der Waals surface area contributed by atoms with Gasteiger partial charge in [-0.1, -0.05) is 0 Å². The molecule has 0 aliphatic heterocycles. The van der Waals surface area contributed by atoms with Crippen molar-refractivity contribution in [1.82, 2.24) is 9.97 Å². The van der Waals surface area contributed by atoms with Gasteiger partial charge in [-0.25, -0.2) is 4.98 Å². The van der Waals surface area contributed by atoms with E-state index in [4.69, 9.17) is 4.74 Å². The van der Waals surface area contributed by atoms with Crippen LogP contribution in [-0.2, 0) is 6.54 Å². The van der Waals surface area contributed by atoms with Gasteiger partial charge in [0.15, 0.2) is 11.6 Å². The number of nitrogens with one attached hydrogen (secondary N) is 1. The Labute approximate surface area is 101 Å². The van der Waals surface area contributed by atoms with Crippen molar-refractivity contribution in [2.75, 3.05) is 11.9 Å². The van der Waals surface area contributed by atoms with E-state index < -0.39 is 0 Å². The predicted octanol–water partition coefficient (Wildman–Crippen LogP) is 2.49. The topological polar surface area (TPSA) is 47.0 Å². The van der Waals surface area contributed by atoms with Crippen molar-refractivity contribution in [1.29, 1.82) is 0 Å². The standard InChI is InChI=1S/C13H15N3O/c1-2-17-12-4-3-7-15-13(12)16-10-11-5-8-14-9-6-11/h3-9H,2,10H2,1H3,(H,15,16). The minimum Gasteiger partial charge on any atom is -0.490 e. The molecule has 0 unspecified atom stereocenters. The third-order valence-corrected chi connectivity index (χ3v) is 2.28. The number of anilines is 1. The molecule has 1 N–H and O–H groups in total. The van der Waals surface area contributed by atoms with Crippen molar-refractivity contribution in [3.8, 4) is 5.75 Å². The Morgan fingerprint density at radius 2 is 2.00 bits per heavy atom. The molecule has 0 bridgehead atoms. The van der Waals surface area contributed by atoms with E-state index in [1.54, 1.807) is 18.6 Å². The van der Waals surface area contributed by atoms with Crippen molar-refractivity contribution < 1.29 is 4.74 Å². The molecule has 2 aromatic rings. The lowest BCUT2D eigenvalue weighted by molar-refractivity contribution is 0.340. The van der Waals surface area contributed by atoms with Crippen molar-refractivity contribution in [3.63, 3.8) is 0 Å². The molecule has 0 radical (unpaired) electrons. The molecule has 2 aromatic heterocycles. The van der Waals surface area contributed by atoms with Crippen molar-refractivity contribution in [2.45, 2.75) is 13.5 Å². The van der Waals surface area contributed by atoms with E-state index in [-0.39, 0.29) is 0 Å². The summed E-state index contributed by atoms with van der Waals surface area (Å²) in [5, 5.41) is 3.25. The highest BCUT2D eigenvalue weighted by atomic mass is 16.5. The highest BCUT2D eigenvalue weighted by molar-refractivity contribution is 5.49. The lowest BCUT2D eigenvalue weighted by Gasteiger charge is -2.10. The second kappa shape index (κ2) is 5.84. The number of nitrogens with zero attached hydrogens (tertiary/aromatic N) is 2. The van der Waals surface area contributed by atoms with Gasteiger partial charge in [0.2, 0.25) is 0 Å². The average Bonchev–Trinajstić information content (AvgIpc) is 2.39. The molecule has 17 heavy (non-hydrogen) atoms. The normalized spacial score (nSPS) is 9.94. The maximum atomic E-state index is 5.49. The second-order valence-corrected chi connectivity index (χ2v) is 3.49. The summed E-state index contributed by atoms with van der Waals surface area (Å²) in [6, 6.07) is 7.71. The van der Waals surface area contributed by atoms with Crippen LogP contribution in [0.1, 0.15) is 12.5 Å². The summed E-state index contributed by atoms with van der Waals surface area (Å²) in [7, 11) is 0. The molecular weight excluding hydrogens is 214 g/mol. The first kappa shape index (κ1) is 11.4. The van der Waals surface area contributed by atoms with Crippen LogP contribution in [0.3, 0.4) is 0 Å². The van der Waals surface area contributed by atoms with Crippen LogP contribution in [0.15, 0.2) is 42.9 Å². The number of hydrogen-bond donors (Lipinski definition) is 1. The molecule has 0 saturated heterocycles. The monoisotopic (exact) mass is 229 g/mol. The molecule has 4 heteroatoms. The van der Waals surface area contributed by atoms with E-state index in [0.29, 0.717) is 13.2 Å². The quantitative estimate of drug-likeness (QED) is 0.855. The van der Waals surface area contributed by atoms with Gasteiger partial charge in [0.25, 0.3) is 0 Å². The first-order valence-electron chi connectivity index (χ1n) is 5.60. The molecule has 0 aromatic carbocycles. The maximum Gasteiger partial charge on any atom is 0.169 e. The van der Waals surface area contributed by atoms with Crippen molar-refractivity contribution >= 4 is 5.82 Å². The van der Waals surface area contributed by atoms with Gasteiger partial charge in [0.05, 0.1) is 6.61 Å². The summed E-state index contributed by atoms with van der Waals surface area (Å²) < 4.78 is 5.49. The molecule has 0 spiro atoms. The van der Waals surface area contributed by atoms with Crippen LogP contribution in [0, 0.1) is 0 Å². The summed E-state index contributed by atoms with van der Waals surface area (Å²) in [5.74, 6) is 1.55. The van der Waals surface area contributed by atoms with Gasteiger partial charge in [-0.3, -0.25) is 4.98 Å². The third-order valence-electron chi connectivity index (χ3n) is 2.28. The van der Waals surface area contributed by atoms with E-state index in [0.717, 1.165) is 17.1 Å². The zero-order chi connectivity index (χ0) is 11.9. The Morgan fingerprint density at radius 3 is 2.76 bits per heavy atom. The Balaban J connectivity index is 2.03. The molecule has 4 nitrogen and oxygen atoms in total. The van der Waals surface area contributed by atoms with Gasteiger partial charge < -0.3 is 10.1 Å². The van der Waals surface area contributed by atoms with Gasteiger partial charge in [-0.05, 0) is 36.8 Å². The predicted molar refractivity (Wildman–Crippen MR) is 67.0 cm³/mol. The minimum absolute atomic E-state index is 0.635. The Kier molecular flexibility index (Phi) is 3.91. The van der Waals surface area contributed by atoms with Crippen molar-refractivity contribution in [3.05, 3.63) is 48.4 Å². The smallest absolute Gasteiger partial charge is 0.169 e. The zero-order valence-electron chi connectivity index (χ0n) is 9.76. The fourth-order valence-corrected chi connectivity index (χ4v) is 1.48. The van der Waals surface area contributed by atoms with Crippen molar-refractivity contribution in [2.24, 2.45) is 0 Å². The number of aromatic nitrogens is 2. The molecule has 2 rings (SSSR count). The first-order valence-corrected chi connectivity index (χ1v) is 5.60. The van der Waals surface area contributed by atoms with Crippen LogP contribution in [0.5, 0.6) is 5.75 Å². The van der Waals surface area contributed by atoms with Gasteiger partial charge >= 0.3 is 0 Å². The number of rotatable bonds is 5. The highest BCUT2D eigenvalue weighted by Gasteiger charge is 2.02. The summed E-state index contributed by atoms with van der Waals surface area (Å²) in [5.41, 5.74) is 1.16.